The molecule has 0 radical (unpaired) electrons. The van der Waals surface area contributed by atoms with E-state index >= 15 is 0 Å². The van der Waals surface area contributed by atoms with Crippen molar-refractivity contribution >= 4 is 0 Å². The maximum absolute atomic E-state index is 8.89. The zero-order chi connectivity index (χ0) is 6.85. The second-order valence-electron chi connectivity index (χ2n) is 1.66. The van der Waals surface area contributed by atoms with Gasteiger partial charge in [-0.3, -0.25) is 4.57 Å². The van der Waals surface area contributed by atoms with Gasteiger partial charge in [-0.15, -0.1) is 0 Å². The van der Waals surface area contributed by atoms with Gasteiger partial charge in [0.05, 0.1) is 13.3 Å². The molecular weight excluding hydrogens is 120 g/mol. The minimum atomic E-state index is 0.104. The van der Waals surface area contributed by atoms with Crippen LogP contribution in [0.5, 0.6) is 11.9 Å². The molecule has 1 heterocycles. The van der Waals surface area contributed by atoms with Gasteiger partial charge in [-0.05, 0) is 0 Å². The van der Waals surface area contributed by atoms with Crippen LogP contribution < -0.4 is 4.74 Å². The van der Waals surface area contributed by atoms with Gasteiger partial charge in [-0.2, -0.15) is 4.98 Å². The number of hydrogen-bond acceptors (Lipinski definition) is 3. The number of aromatic hydroxyl groups is 1. The third-order valence-corrected chi connectivity index (χ3v) is 1.10. The van der Waals surface area contributed by atoms with Crippen molar-refractivity contribution < 1.29 is 9.84 Å². The SMILES string of the molecule is COc1ncc(O)n1C. The van der Waals surface area contributed by atoms with Crippen molar-refractivity contribution in [3.05, 3.63) is 6.20 Å². The molecule has 0 atom stereocenters. The highest BCUT2D eigenvalue weighted by molar-refractivity contribution is 5.12. The molecule has 0 spiro atoms. The first-order valence-corrected chi connectivity index (χ1v) is 2.50. The van der Waals surface area contributed by atoms with E-state index in [9.17, 15) is 0 Å². The second kappa shape index (κ2) is 1.97. The normalized spacial score (nSPS) is 9.56. The van der Waals surface area contributed by atoms with Crippen molar-refractivity contribution in [3.63, 3.8) is 0 Å². The molecule has 0 fully saturated rings. The van der Waals surface area contributed by atoms with Crippen LogP contribution in [0.3, 0.4) is 0 Å². The molecule has 0 aromatic carbocycles. The third kappa shape index (κ3) is 0.826. The standard InChI is InChI=1S/C5H8N2O2/c1-7-4(8)3-6-5(7)9-2/h3,8H,1-2H3. The Kier molecular flexibility index (Phi) is 1.30. The number of hydrogen-bond donors (Lipinski definition) is 1. The van der Waals surface area contributed by atoms with Gasteiger partial charge in [0.15, 0.2) is 0 Å². The van der Waals surface area contributed by atoms with E-state index in [0.29, 0.717) is 6.01 Å². The minimum Gasteiger partial charge on any atom is -0.493 e. The quantitative estimate of drug-likeness (QED) is 0.585. The molecule has 0 saturated carbocycles. The van der Waals surface area contributed by atoms with Crippen LogP contribution in [0.2, 0.25) is 0 Å². The molecule has 1 aromatic rings. The molecule has 0 aliphatic heterocycles. The Labute approximate surface area is 52.7 Å². The lowest BCUT2D eigenvalue weighted by atomic mass is 10.8. The summed E-state index contributed by atoms with van der Waals surface area (Å²) >= 11 is 0. The van der Waals surface area contributed by atoms with Crippen LogP contribution >= 0.6 is 0 Å². The van der Waals surface area contributed by atoms with E-state index in [4.69, 9.17) is 9.84 Å². The highest BCUT2D eigenvalue weighted by atomic mass is 16.5. The number of imidazole rings is 1. The third-order valence-electron chi connectivity index (χ3n) is 1.10. The summed E-state index contributed by atoms with van der Waals surface area (Å²) in [5.74, 6) is 0.104. The lowest BCUT2D eigenvalue weighted by Crippen LogP contribution is -1.93. The summed E-state index contributed by atoms with van der Waals surface area (Å²) in [6, 6.07) is 0.410. The predicted octanol–water partition coefficient (Wildman–Crippen LogP) is 0.134. The Balaban J connectivity index is 3.04. The molecule has 1 rings (SSSR count). The number of ether oxygens (including phenoxy) is 1. The minimum absolute atomic E-state index is 0.104. The van der Waals surface area contributed by atoms with E-state index in [2.05, 4.69) is 4.98 Å². The van der Waals surface area contributed by atoms with Crippen molar-refractivity contribution in [1.82, 2.24) is 9.55 Å². The van der Waals surface area contributed by atoms with Crippen LogP contribution in [0.4, 0.5) is 0 Å². The molecule has 4 heteroatoms. The average molecular weight is 128 g/mol. The first-order valence-electron chi connectivity index (χ1n) is 2.50. The molecule has 1 aromatic heterocycles. The van der Waals surface area contributed by atoms with E-state index in [0.717, 1.165) is 0 Å². The zero-order valence-corrected chi connectivity index (χ0v) is 5.33. The smallest absolute Gasteiger partial charge is 0.298 e. The van der Waals surface area contributed by atoms with Gasteiger partial charge >= 0.3 is 0 Å². The van der Waals surface area contributed by atoms with Gasteiger partial charge in [-0.25, -0.2) is 0 Å². The van der Waals surface area contributed by atoms with Crippen LogP contribution in [0, 0.1) is 0 Å². The summed E-state index contributed by atoms with van der Waals surface area (Å²) in [6.07, 6.45) is 1.33. The molecule has 9 heavy (non-hydrogen) atoms. The maximum Gasteiger partial charge on any atom is 0.298 e. The Morgan fingerprint density at radius 2 is 2.44 bits per heavy atom. The Bertz CT molecular complexity index is 207. The van der Waals surface area contributed by atoms with Gasteiger partial charge in [-0.1, -0.05) is 0 Å². The van der Waals surface area contributed by atoms with Crippen LogP contribution in [0.25, 0.3) is 0 Å². The van der Waals surface area contributed by atoms with Crippen molar-refractivity contribution in [2.45, 2.75) is 0 Å². The van der Waals surface area contributed by atoms with Crippen LogP contribution in [-0.2, 0) is 7.05 Å². The first kappa shape index (κ1) is 5.94. The summed E-state index contributed by atoms with van der Waals surface area (Å²) in [6.45, 7) is 0. The van der Waals surface area contributed by atoms with Gasteiger partial charge in [0.25, 0.3) is 6.01 Å². The average Bonchev–Trinajstić information content (AvgIpc) is 2.15. The molecule has 0 unspecified atom stereocenters. The van der Waals surface area contributed by atoms with Crippen LogP contribution in [-0.4, -0.2) is 21.8 Å². The summed E-state index contributed by atoms with van der Waals surface area (Å²) in [5, 5.41) is 8.89. The van der Waals surface area contributed by atoms with Gasteiger partial charge in [0.1, 0.15) is 0 Å². The lowest BCUT2D eigenvalue weighted by Gasteiger charge is -1.97. The van der Waals surface area contributed by atoms with Gasteiger partial charge < -0.3 is 9.84 Å². The predicted molar refractivity (Wildman–Crippen MR) is 31.4 cm³/mol. The maximum atomic E-state index is 8.89. The van der Waals surface area contributed by atoms with Crippen molar-refractivity contribution in [2.24, 2.45) is 7.05 Å². The Hall–Kier alpha value is -1.19. The Morgan fingerprint density at radius 3 is 2.67 bits per heavy atom. The Morgan fingerprint density at radius 1 is 1.78 bits per heavy atom. The van der Waals surface area contributed by atoms with E-state index < -0.39 is 0 Å². The fourth-order valence-corrected chi connectivity index (χ4v) is 0.574. The molecule has 0 bridgehead atoms. The number of nitrogens with zero attached hydrogens (tertiary/aromatic N) is 2. The summed E-state index contributed by atoms with van der Waals surface area (Å²) in [4.78, 5) is 3.72. The summed E-state index contributed by atoms with van der Waals surface area (Å²) in [5.41, 5.74) is 0. The number of methoxy groups -OCH3 is 1. The molecule has 0 saturated heterocycles. The summed E-state index contributed by atoms with van der Waals surface area (Å²) in [7, 11) is 3.17. The zero-order valence-electron chi connectivity index (χ0n) is 5.33. The van der Waals surface area contributed by atoms with E-state index in [1.54, 1.807) is 7.05 Å². The number of rotatable bonds is 1. The molecule has 4 nitrogen and oxygen atoms in total. The van der Waals surface area contributed by atoms with Crippen molar-refractivity contribution in [3.8, 4) is 11.9 Å². The molecule has 0 aliphatic rings. The van der Waals surface area contributed by atoms with E-state index in [1.807, 2.05) is 0 Å². The molecule has 0 amide bonds. The number of aromatic nitrogens is 2. The fraction of sp³-hybridized carbons (Fsp3) is 0.400. The van der Waals surface area contributed by atoms with Gasteiger partial charge in [0.2, 0.25) is 5.88 Å². The summed E-state index contributed by atoms with van der Waals surface area (Å²) < 4.78 is 6.20. The van der Waals surface area contributed by atoms with Crippen molar-refractivity contribution in [2.75, 3.05) is 7.11 Å². The molecule has 1 N–H and O–H groups in total. The molecular formula is C5H8N2O2. The molecule has 50 valence electrons. The second-order valence-corrected chi connectivity index (χ2v) is 1.66. The van der Waals surface area contributed by atoms with Crippen molar-refractivity contribution in [1.29, 1.82) is 0 Å². The fourth-order valence-electron chi connectivity index (χ4n) is 0.574. The monoisotopic (exact) mass is 128 g/mol. The first-order chi connectivity index (χ1) is 4.25. The highest BCUT2D eigenvalue weighted by Gasteiger charge is 2.01. The molecule has 0 aliphatic carbocycles. The topological polar surface area (TPSA) is 47.3 Å². The van der Waals surface area contributed by atoms with Crippen LogP contribution in [0.15, 0.2) is 6.20 Å². The van der Waals surface area contributed by atoms with E-state index in [-0.39, 0.29) is 5.88 Å². The van der Waals surface area contributed by atoms with Gasteiger partial charge in [0, 0.05) is 7.05 Å². The largest absolute Gasteiger partial charge is 0.493 e. The van der Waals surface area contributed by atoms with E-state index in [1.165, 1.54) is 17.9 Å². The highest BCUT2D eigenvalue weighted by Crippen LogP contribution is 2.14. The van der Waals surface area contributed by atoms with Crippen LogP contribution in [0.1, 0.15) is 0 Å². The lowest BCUT2D eigenvalue weighted by molar-refractivity contribution is 0.349.